The summed E-state index contributed by atoms with van der Waals surface area (Å²) in [4.78, 5) is 2.16. The zero-order chi connectivity index (χ0) is 10.8. The van der Waals surface area contributed by atoms with Gasteiger partial charge < -0.3 is 0 Å². The first kappa shape index (κ1) is 11.5. The van der Waals surface area contributed by atoms with Crippen LogP contribution < -0.4 is 0 Å². The first-order valence-electron chi connectivity index (χ1n) is 4.02. The standard InChI is InChI=1S/C10H11BrO2S/c1-8(7-11)9-3-5-10(6-4-9)14(2,12)13/h3-7H,1-2H3. The van der Waals surface area contributed by atoms with E-state index in [1.165, 1.54) is 6.26 Å². The Labute approximate surface area is 92.7 Å². The molecule has 1 rings (SSSR count). The zero-order valence-corrected chi connectivity index (χ0v) is 10.4. The third-order valence-corrected chi connectivity index (χ3v) is 3.72. The Hall–Kier alpha value is -0.610. The van der Waals surface area contributed by atoms with Gasteiger partial charge in [-0.05, 0) is 35.2 Å². The molecule has 1 aromatic rings. The number of rotatable bonds is 2. The summed E-state index contributed by atoms with van der Waals surface area (Å²) in [5.41, 5.74) is 2.07. The van der Waals surface area contributed by atoms with Gasteiger partial charge >= 0.3 is 0 Å². The molecule has 0 aromatic heterocycles. The Morgan fingerprint density at radius 1 is 1.29 bits per heavy atom. The molecule has 0 spiro atoms. The van der Waals surface area contributed by atoms with Crippen molar-refractivity contribution in [2.75, 3.05) is 6.26 Å². The van der Waals surface area contributed by atoms with Gasteiger partial charge in [0.05, 0.1) is 4.90 Å². The van der Waals surface area contributed by atoms with E-state index < -0.39 is 9.84 Å². The smallest absolute Gasteiger partial charge is 0.175 e. The van der Waals surface area contributed by atoms with Gasteiger partial charge in [0.1, 0.15) is 0 Å². The Kier molecular flexibility index (Phi) is 3.50. The van der Waals surface area contributed by atoms with Crippen molar-refractivity contribution in [3.8, 4) is 0 Å². The molecule has 0 bridgehead atoms. The van der Waals surface area contributed by atoms with Crippen LogP contribution >= 0.6 is 15.9 Å². The fourth-order valence-corrected chi connectivity index (χ4v) is 1.92. The highest BCUT2D eigenvalue weighted by Crippen LogP contribution is 2.17. The van der Waals surface area contributed by atoms with Crippen LogP contribution in [0.25, 0.3) is 5.57 Å². The maximum absolute atomic E-state index is 11.2. The van der Waals surface area contributed by atoms with E-state index in [9.17, 15) is 8.42 Å². The molecule has 0 amide bonds. The minimum Gasteiger partial charge on any atom is -0.224 e. The molecule has 0 aliphatic rings. The van der Waals surface area contributed by atoms with Crippen LogP contribution in [-0.2, 0) is 9.84 Å². The number of allylic oxidation sites excluding steroid dienone is 1. The van der Waals surface area contributed by atoms with E-state index in [0.29, 0.717) is 4.90 Å². The van der Waals surface area contributed by atoms with Crippen LogP contribution in [0.4, 0.5) is 0 Å². The molecule has 0 N–H and O–H groups in total. The SMILES string of the molecule is CC(=CBr)c1ccc(S(C)(=O)=O)cc1. The van der Waals surface area contributed by atoms with Crippen molar-refractivity contribution in [2.45, 2.75) is 11.8 Å². The fraction of sp³-hybridized carbons (Fsp3) is 0.200. The zero-order valence-electron chi connectivity index (χ0n) is 7.99. The summed E-state index contributed by atoms with van der Waals surface area (Å²) < 4.78 is 22.3. The molecule has 0 unspecified atom stereocenters. The normalized spacial score (nSPS) is 12.9. The third-order valence-electron chi connectivity index (χ3n) is 1.90. The molecule has 14 heavy (non-hydrogen) atoms. The summed E-state index contributed by atoms with van der Waals surface area (Å²) in [5, 5.41) is 0. The molecule has 0 saturated heterocycles. The van der Waals surface area contributed by atoms with Gasteiger partial charge in [0.15, 0.2) is 9.84 Å². The predicted molar refractivity (Wildman–Crippen MR) is 62.1 cm³/mol. The molecule has 4 heteroatoms. The molecule has 0 aliphatic heterocycles. The second-order valence-electron chi connectivity index (χ2n) is 3.09. The van der Waals surface area contributed by atoms with Crippen molar-refractivity contribution in [1.82, 2.24) is 0 Å². The number of hydrogen-bond acceptors (Lipinski definition) is 2. The van der Waals surface area contributed by atoms with Gasteiger partial charge in [-0.2, -0.15) is 0 Å². The van der Waals surface area contributed by atoms with Crippen molar-refractivity contribution >= 4 is 31.3 Å². The third kappa shape index (κ3) is 2.69. The number of halogens is 1. The fourth-order valence-electron chi connectivity index (χ4n) is 1.03. The van der Waals surface area contributed by atoms with Gasteiger partial charge in [0, 0.05) is 6.26 Å². The van der Waals surface area contributed by atoms with Crippen LogP contribution in [0, 0.1) is 0 Å². The van der Waals surface area contributed by atoms with Gasteiger partial charge in [-0.1, -0.05) is 28.1 Å². The molecule has 0 saturated carbocycles. The lowest BCUT2D eigenvalue weighted by molar-refractivity contribution is 0.602. The maximum Gasteiger partial charge on any atom is 0.175 e. The summed E-state index contributed by atoms with van der Waals surface area (Å²) in [6, 6.07) is 6.82. The molecular weight excluding hydrogens is 264 g/mol. The average Bonchev–Trinajstić information content (AvgIpc) is 2.15. The lowest BCUT2D eigenvalue weighted by Gasteiger charge is -2.01. The second-order valence-corrected chi connectivity index (χ2v) is 5.56. The molecular formula is C10H11BrO2S. The average molecular weight is 275 g/mol. The van der Waals surface area contributed by atoms with Crippen molar-refractivity contribution in [2.24, 2.45) is 0 Å². The van der Waals surface area contributed by atoms with Crippen LogP contribution in [0.2, 0.25) is 0 Å². The Morgan fingerprint density at radius 2 is 1.79 bits per heavy atom. The lowest BCUT2D eigenvalue weighted by Crippen LogP contribution is -1.96. The van der Waals surface area contributed by atoms with Crippen LogP contribution in [0.5, 0.6) is 0 Å². The van der Waals surface area contributed by atoms with Crippen molar-refractivity contribution < 1.29 is 8.42 Å². The van der Waals surface area contributed by atoms with E-state index >= 15 is 0 Å². The highest BCUT2D eigenvalue weighted by atomic mass is 79.9. The summed E-state index contributed by atoms with van der Waals surface area (Å²) in [5.74, 6) is 0. The van der Waals surface area contributed by atoms with E-state index in [-0.39, 0.29) is 0 Å². The Bertz CT molecular complexity index is 444. The van der Waals surface area contributed by atoms with Crippen molar-refractivity contribution in [1.29, 1.82) is 0 Å². The number of sulfone groups is 1. The topological polar surface area (TPSA) is 34.1 Å². The number of hydrogen-bond donors (Lipinski definition) is 0. The van der Waals surface area contributed by atoms with E-state index in [0.717, 1.165) is 11.1 Å². The highest BCUT2D eigenvalue weighted by molar-refractivity contribution is 9.11. The van der Waals surface area contributed by atoms with E-state index in [2.05, 4.69) is 15.9 Å². The van der Waals surface area contributed by atoms with Crippen molar-refractivity contribution in [3.05, 3.63) is 34.8 Å². The number of benzene rings is 1. The van der Waals surface area contributed by atoms with Gasteiger partial charge in [-0.25, -0.2) is 8.42 Å². The van der Waals surface area contributed by atoms with E-state index in [1.807, 2.05) is 11.9 Å². The molecule has 0 radical (unpaired) electrons. The monoisotopic (exact) mass is 274 g/mol. The van der Waals surface area contributed by atoms with Gasteiger partial charge in [0.25, 0.3) is 0 Å². The molecule has 0 atom stereocenters. The van der Waals surface area contributed by atoms with Crippen LogP contribution in [0.15, 0.2) is 34.1 Å². The maximum atomic E-state index is 11.2. The minimum atomic E-state index is -3.08. The van der Waals surface area contributed by atoms with Gasteiger partial charge in [-0.15, -0.1) is 0 Å². The minimum absolute atomic E-state index is 0.351. The molecule has 0 aliphatic carbocycles. The molecule has 0 heterocycles. The Balaban J connectivity index is 3.14. The summed E-state index contributed by atoms with van der Waals surface area (Å²) in [6.07, 6.45) is 1.20. The van der Waals surface area contributed by atoms with E-state index in [1.54, 1.807) is 24.3 Å². The summed E-state index contributed by atoms with van der Waals surface area (Å²) in [7, 11) is -3.08. The van der Waals surface area contributed by atoms with Crippen molar-refractivity contribution in [3.63, 3.8) is 0 Å². The second kappa shape index (κ2) is 4.28. The van der Waals surface area contributed by atoms with Gasteiger partial charge in [0.2, 0.25) is 0 Å². The molecule has 76 valence electrons. The Morgan fingerprint density at radius 3 is 2.14 bits per heavy atom. The van der Waals surface area contributed by atoms with Crippen LogP contribution in [0.1, 0.15) is 12.5 Å². The van der Waals surface area contributed by atoms with Crippen LogP contribution in [0.3, 0.4) is 0 Å². The summed E-state index contributed by atoms with van der Waals surface area (Å²) in [6.45, 7) is 1.95. The molecule has 0 fully saturated rings. The molecule has 2 nitrogen and oxygen atoms in total. The largest absolute Gasteiger partial charge is 0.224 e. The first-order chi connectivity index (χ1) is 6.45. The van der Waals surface area contributed by atoms with Gasteiger partial charge in [-0.3, -0.25) is 0 Å². The summed E-state index contributed by atoms with van der Waals surface area (Å²) >= 11 is 3.23. The quantitative estimate of drug-likeness (QED) is 0.831. The lowest BCUT2D eigenvalue weighted by atomic mass is 10.1. The van der Waals surface area contributed by atoms with Crippen LogP contribution in [-0.4, -0.2) is 14.7 Å². The predicted octanol–water partition coefficient (Wildman–Crippen LogP) is 2.85. The van der Waals surface area contributed by atoms with E-state index in [4.69, 9.17) is 0 Å². The first-order valence-corrected chi connectivity index (χ1v) is 6.83. The highest BCUT2D eigenvalue weighted by Gasteiger charge is 2.05. The molecule has 1 aromatic carbocycles.